The summed E-state index contributed by atoms with van der Waals surface area (Å²) in [5.41, 5.74) is 4.59. The second-order valence-electron chi connectivity index (χ2n) is 10.9. The van der Waals surface area contributed by atoms with Crippen molar-refractivity contribution in [2.45, 2.75) is 37.1 Å². The van der Waals surface area contributed by atoms with Gasteiger partial charge in [-0.05, 0) is 61.6 Å². The van der Waals surface area contributed by atoms with E-state index in [1.165, 1.54) is 10.6 Å². The van der Waals surface area contributed by atoms with Gasteiger partial charge in [0.05, 0.1) is 17.4 Å². The molecule has 40 heavy (non-hydrogen) atoms. The molecule has 206 valence electrons. The Morgan fingerprint density at radius 1 is 0.975 bits per heavy atom. The van der Waals surface area contributed by atoms with Gasteiger partial charge in [0, 0.05) is 56.4 Å². The van der Waals surface area contributed by atoms with Crippen LogP contribution in [-0.4, -0.2) is 49.7 Å². The quantitative estimate of drug-likeness (QED) is 0.318. The molecule has 6 rings (SSSR count). The van der Waals surface area contributed by atoms with E-state index in [1.807, 2.05) is 29.1 Å². The summed E-state index contributed by atoms with van der Waals surface area (Å²) in [4.78, 5) is 16.3. The van der Waals surface area contributed by atoms with Crippen molar-refractivity contribution in [2.24, 2.45) is 14.1 Å². The van der Waals surface area contributed by atoms with Crippen molar-refractivity contribution in [1.29, 1.82) is 0 Å². The predicted octanol–water partition coefficient (Wildman–Crippen LogP) is 3.65. The van der Waals surface area contributed by atoms with E-state index >= 15 is 0 Å². The third-order valence-corrected chi connectivity index (χ3v) is 9.91. The van der Waals surface area contributed by atoms with E-state index in [0.717, 1.165) is 33.3 Å². The SMILES string of the molecule is Cc1cc2c(cnn2-c2ccc(=O)n(C)c2)cc1C1(Cc2ccccc2)CCN(S(=O)(=O)c2cn(C)c(C)n2)C1. The Morgan fingerprint density at radius 2 is 1.75 bits per heavy atom. The molecule has 0 N–H and O–H groups in total. The molecule has 5 aromatic rings. The lowest BCUT2D eigenvalue weighted by atomic mass is 9.73. The Morgan fingerprint density at radius 3 is 2.45 bits per heavy atom. The summed E-state index contributed by atoms with van der Waals surface area (Å²) >= 11 is 0. The monoisotopic (exact) mass is 556 g/mol. The van der Waals surface area contributed by atoms with Crippen LogP contribution >= 0.6 is 0 Å². The topological polar surface area (TPSA) is 95.0 Å². The summed E-state index contributed by atoms with van der Waals surface area (Å²) in [6, 6.07) is 17.8. The number of nitrogens with zero attached hydrogens (tertiary/aromatic N) is 6. The summed E-state index contributed by atoms with van der Waals surface area (Å²) < 4.78 is 34.1. The lowest BCUT2D eigenvalue weighted by Crippen LogP contribution is -2.36. The van der Waals surface area contributed by atoms with E-state index in [2.05, 4.69) is 41.3 Å². The highest BCUT2D eigenvalue weighted by Gasteiger charge is 2.45. The van der Waals surface area contributed by atoms with Gasteiger partial charge in [0.25, 0.3) is 10.0 Å². The van der Waals surface area contributed by atoms with Crippen LogP contribution in [0.1, 0.15) is 28.9 Å². The Kier molecular flexibility index (Phi) is 6.27. The van der Waals surface area contributed by atoms with Crippen LogP contribution in [0.4, 0.5) is 0 Å². The molecule has 1 fully saturated rings. The average molecular weight is 557 g/mol. The third kappa shape index (κ3) is 4.37. The number of hydrogen-bond donors (Lipinski definition) is 0. The van der Waals surface area contributed by atoms with E-state index in [-0.39, 0.29) is 10.6 Å². The van der Waals surface area contributed by atoms with Crippen molar-refractivity contribution in [3.8, 4) is 5.69 Å². The first-order valence-electron chi connectivity index (χ1n) is 13.3. The van der Waals surface area contributed by atoms with Crippen molar-refractivity contribution in [3.05, 3.63) is 106 Å². The molecular formula is C30H32N6O3S. The maximum absolute atomic E-state index is 13.7. The normalized spacial score (nSPS) is 18.1. The van der Waals surface area contributed by atoms with Crippen LogP contribution in [0.2, 0.25) is 0 Å². The average Bonchev–Trinajstić information content (AvgIpc) is 3.64. The van der Waals surface area contributed by atoms with E-state index in [1.54, 1.807) is 48.4 Å². The molecule has 1 unspecified atom stereocenters. The Balaban J connectivity index is 1.44. The van der Waals surface area contributed by atoms with Gasteiger partial charge in [-0.15, -0.1) is 0 Å². The standard InChI is InChI=1S/C30H32N6O3S/c1-21-14-27-24(17-31-36(27)25-10-11-29(37)34(4)18-25)15-26(21)30(16-23-8-6-5-7-9-23)12-13-35(20-30)40(38,39)28-19-33(3)22(2)32-28/h5-11,14-15,17-19H,12-13,16,20H2,1-4H3. The van der Waals surface area contributed by atoms with Crippen LogP contribution in [0.5, 0.6) is 0 Å². The summed E-state index contributed by atoms with van der Waals surface area (Å²) in [5.74, 6) is 0.658. The molecule has 1 aliphatic heterocycles. The summed E-state index contributed by atoms with van der Waals surface area (Å²) in [5, 5.41) is 5.69. The fraction of sp³-hybridized carbons (Fsp3) is 0.300. The molecule has 1 aliphatic rings. The van der Waals surface area contributed by atoms with Crippen molar-refractivity contribution in [3.63, 3.8) is 0 Å². The lowest BCUT2D eigenvalue weighted by Gasteiger charge is -2.32. The maximum Gasteiger partial charge on any atom is 0.262 e. The molecule has 9 nitrogen and oxygen atoms in total. The number of aromatic nitrogens is 5. The van der Waals surface area contributed by atoms with Crippen molar-refractivity contribution in [2.75, 3.05) is 13.1 Å². The van der Waals surface area contributed by atoms with Gasteiger partial charge in [-0.2, -0.15) is 9.40 Å². The molecule has 10 heteroatoms. The van der Waals surface area contributed by atoms with Crippen LogP contribution in [0.3, 0.4) is 0 Å². The largest absolute Gasteiger partial charge is 0.337 e. The molecule has 1 atom stereocenters. The molecule has 0 saturated carbocycles. The minimum Gasteiger partial charge on any atom is -0.337 e. The Bertz CT molecular complexity index is 1890. The molecule has 0 aliphatic carbocycles. The van der Waals surface area contributed by atoms with Crippen LogP contribution < -0.4 is 5.56 Å². The minimum absolute atomic E-state index is 0.0804. The summed E-state index contributed by atoms with van der Waals surface area (Å²) in [6.45, 7) is 4.66. The fourth-order valence-corrected chi connectivity index (χ4v) is 7.48. The first kappa shape index (κ1) is 26.2. The van der Waals surface area contributed by atoms with Gasteiger partial charge in [-0.25, -0.2) is 18.1 Å². The summed E-state index contributed by atoms with van der Waals surface area (Å²) in [6.07, 6.45) is 6.59. The first-order chi connectivity index (χ1) is 19.1. The smallest absolute Gasteiger partial charge is 0.262 e. The number of fused-ring (bicyclic) bond motifs is 1. The lowest BCUT2D eigenvalue weighted by molar-refractivity contribution is 0.412. The second kappa shape index (κ2) is 9.57. The van der Waals surface area contributed by atoms with Gasteiger partial charge in [0.15, 0.2) is 5.03 Å². The molecule has 1 saturated heterocycles. The van der Waals surface area contributed by atoms with Crippen molar-refractivity contribution >= 4 is 20.9 Å². The Hall–Kier alpha value is -4.02. The molecule has 2 aromatic carbocycles. The molecule has 0 radical (unpaired) electrons. The predicted molar refractivity (Wildman–Crippen MR) is 154 cm³/mol. The van der Waals surface area contributed by atoms with Gasteiger partial charge < -0.3 is 9.13 Å². The van der Waals surface area contributed by atoms with Crippen molar-refractivity contribution in [1.82, 2.24) is 28.2 Å². The minimum atomic E-state index is -3.75. The number of sulfonamides is 1. The van der Waals surface area contributed by atoms with E-state index in [0.29, 0.717) is 31.8 Å². The van der Waals surface area contributed by atoms with Crippen LogP contribution in [0, 0.1) is 13.8 Å². The Labute approximate surface area is 233 Å². The van der Waals surface area contributed by atoms with Gasteiger partial charge >= 0.3 is 0 Å². The van der Waals surface area contributed by atoms with E-state index in [9.17, 15) is 13.2 Å². The fourth-order valence-electron chi connectivity index (χ4n) is 5.93. The van der Waals surface area contributed by atoms with Crippen LogP contribution in [0.15, 0.2) is 83.0 Å². The van der Waals surface area contributed by atoms with Crippen molar-refractivity contribution < 1.29 is 8.42 Å². The number of aryl methyl sites for hydroxylation is 4. The number of imidazole rings is 1. The second-order valence-corrected chi connectivity index (χ2v) is 12.8. The molecule has 0 spiro atoms. The number of hydrogen-bond acceptors (Lipinski definition) is 5. The molecule has 0 bridgehead atoms. The number of benzene rings is 2. The highest BCUT2D eigenvalue weighted by molar-refractivity contribution is 7.89. The first-order valence-corrected chi connectivity index (χ1v) is 14.7. The molecule has 0 amide bonds. The van der Waals surface area contributed by atoms with Gasteiger partial charge in [0.1, 0.15) is 5.82 Å². The number of pyridine rings is 1. The third-order valence-electron chi connectivity index (χ3n) is 8.20. The van der Waals surface area contributed by atoms with Crippen LogP contribution in [0.25, 0.3) is 16.6 Å². The number of rotatable bonds is 6. The zero-order chi connectivity index (χ0) is 28.2. The van der Waals surface area contributed by atoms with E-state index < -0.39 is 15.4 Å². The van der Waals surface area contributed by atoms with Crippen LogP contribution in [-0.2, 0) is 36.0 Å². The van der Waals surface area contributed by atoms with E-state index in [4.69, 9.17) is 0 Å². The zero-order valence-electron chi connectivity index (χ0n) is 23.1. The van der Waals surface area contributed by atoms with Gasteiger partial charge in [-0.1, -0.05) is 30.3 Å². The summed E-state index contributed by atoms with van der Waals surface area (Å²) in [7, 11) is -0.222. The highest BCUT2D eigenvalue weighted by Crippen LogP contribution is 2.42. The maximum atomic E-state index is 13.7. The highest BCUT2D eigenvalue weighted by atomic mass is 32.2. The molecule has 4 heterocycles. The molecule has 3 aromatic heterocycles. The van der Waals surface area contributed by atoms with Gasteiger partial charge in [0.2, 0.25) is 5.56 Å². The van der Waals surface area contributed by atoms with Gasteiger partial charge in [-0.3, -0.25) is 4.79 Å². The molecular weight excluding hydrogens is 524 g/mol. The zero-order valence-corrected chi connectivity index (χ0v) is 23.9.